The standard InChI is InChI=1S/C18H22ClNO3/c19-14-6-4-13(5-7-14)18(9-1-2-10-18)17(23)20-15-8-3-12(11-15)16(21)22/h4-7,12,15H,1-3,8-11H2,(H,20,23)(H,21,22)/t12-,15+/m1/s1. The Morgan fingerprint density at radius 2 is 1.78 bits per heavy atom. The van der Waals surface area contributed by atoms with E-state index in [4.69, 9.17) is 16.7 Å². The van der Waals surface area contributed by atoms with E-state index in [1.54, 1.807) is 0 Å². The SMILES string of the molecule is O=C(O)[C@@H]1CC[C@H](NC(=O)C2(c3ccc(Cl)cc3)CCCC2)C1. The Bertz CT molecular complexity index is 593. The van der Waals surface area contributed by atoms with Crippen LogP contribution in [0, 0.1) is 5.92 Å². The van der Waals surface area contributed by atoms with Gasteiger partial charge in [-0.2, -0.15) is 0 Å². The van der Waals surface area contributed by atoms with Gasteiger partial charge in [-0.1, -0.05) is 36.6 Å². The van der Waals surface area contributed by atoms with Crippen molar-refractivity contribution < 1.29 is 14.7 Å². The van der Waals surface area contributed by atoms with Crippen LogP contribution in [0.3, 0.4) is 0 Å². The van der Waals surface area contributed by atoms with Gasteiger partial charge in [0.25, 0.3) is 0 Å². The smallest absolute Gasteiger partial charge is 0.306 e. The first kappa shape index (κ1) is 16.3. The first-order chi connectivity index (χ1) is 11.0. The van der Waals surface area contributed by atoms with Crippen molar-refractivity contribution in [2.24, 2.45) is 5.92 Å². The van der Waals surface area contributed by atoms with E-state index in [0.29, 0.717) is 17.9 Å². The average Bonchev–Trinajstić information content (AvgIpc) is 3.17. The molecule has 23 heavy (non-hydrogen) atoms. The highest BCUT2D eigenvalue weighted by atomic mass is 35.5. The molecule has 1 aromatic carbocycles. The number of benzene rings is 1. The maximum Gasteiger partial charge on any atom is 0.306 e. The van der Waals surface area contributed by atoms with E-state index >= 15 is 0 Å². The quantitative estimate of drug-likeness (QED) is 0.884. The van der Waals surface area contributed by atoms with Gasteiger partial charge in [0, 0.05) is 11.1 Å². The maximum absolute atomic E-state index is 13.0. The maximum atomic E-state index is 13.0. The Balaban J connectivity index is 1.75. The van der Waals surface area contributed by atoms with E-state index in [2.05, 4.69) is 5.32 Å². The average molecular weight is 336 g/mol. The fourth-order valence-corrected chi connectivity index (χ4v) is 4.18. The molecule has 2 aliphatic rings. The number of carbonyl (C=O) groups excluding carboxylic acids is 1. The predicted octanol–water partition coefficient (Wildman–Crippen LogP) is 3.52. The molecule has 5 heteroatoms. The molecule has 2 aliphatic carbocycles. The molecule has 124 valence electrons. The Kier molecular flexibility index (Phi) is 4.62. The normalized spacial score (nSPS) is 26.1. The molecule has 3 rings (SSSR count). The van der Waals surface area contributed by atoms with Crippen LogP contribution < -0.4 is 5.32 Å². The highest BCUT2D eigenvalue weighted by molar-refractivity contribution is 6.30. The minimum atomic E-state index is -0.755. The third kappa shape index (κ3) is 3.23. The Hall–Kier alpha value is -1.55. The summed E-state index contributed by atoms with van der Waals surface area (Å²) in [6.45, 7) is 0. The fourth-order valence-electron chi connectivity index (χ4n) is 4.05. The zero-order valence-corrected chi connectivity index (χ0v) is 13.8. The van der Waals surface area contributed by atoms with Gasteiger partial charge in [-0.15, -0.1) is 0 Å². The fraction of sp³-hybridized carbons (Fsp3) is 0.556. The summed E-state index contributed by atoms with van der Waals surface area (Å²) in [5.41, 5.74) is 0.538. The number of amides is 1. The van der Waals surface area contributed by atoms with E-state index in [0.717, 1.165) is 37.7 Å². The molecule has 0 spiro atoms. The highest BCUT2D eigenvalue weighted by Gasteiger charge is 2.44. The second-order valence-corrected chi connectivity index (χ2v) is 7.25. The molecule has 0 unspecified atom stereocenters. The van der Waals surface area contributed by atoms with Crippen LogP contribution in [0.2, 0.25) is 5.02 Å². The lowest BCUT2D eigenvalue weighted by Crippen LogP contribution is -2.46. The Morgan fingerprint density at radius 3 is 2.35 bits per heavy atom. The van der Waals surface area contributed by atoms with Crippen LogP contribution in [0.25, 0.3) is 0 Å². The second kappa shape index (κ2) is 6.52. The van der Waals surface area contributed by atoms with Crippen LogP contribution in [0.5, 0.6) is 0 Å². The molecule has 0 saturated heterocycles. The Labute approximate surface area is 141 Å². The van der Waals surface area contributed by atoms with Gasteiger partial charge in [-0.3, -0.25) is 9.59 Å². The van der Waals surface area contributed by atoms with Crippen molar-refractivity contribution in [3.63, 3.8) is 0 Å². The predicted molar refractivity (Wildman–Crippen MR) is 88.5 cm³/mol. The molecule has 2 fully saturated rings. The molecule has 4 nitrogen and oxygen atoms in total. The van der Waals surface area contributed by atoms with Crippen LogP contribution >= 0.6 is 11.6 Å². The number of nitrogens with one attached hydrogen (secondary N) is 1. The van der Waals surface area contributed by atoms with E-state index in [1.807, 2.05) is 24.3 Å². The molecule has 0 aromatic heterocycles. The summed E-state index contributed by atoms with van der Waals surface area (Å²) < 4.78 is 0. The summed E-state index contributed by atoms with van der Waals surface area (Å²) in [6, 6.07) is 7.54. The van der Waals surface area contributed by atoms with E-state index in [1.165, 1.54) is 0 Å². The molecular formula is C18H22ClNO3. The van der Waals surface area contributed by atoms with Crippen LogP contribution in [-0.2, 0) is 15.0 Å². The van der Waals surface area contributed by atoms with Crippen LogP contribution in [0.15, 0.2) is 24.3 Å². The van der Waals surface area contributed by atoms with Gasteiger partial charge in [0.15, 0.2) is 0 Å². The number of hydrogen-bond acceptors (Lipinski definition) is 2. The lowest BCUT2D eigenvalue weighted by Gasteiger charge is -2.30. The van der Waals surface area contributed by atoms with Crippen molar-refractivity contribution in [3.8, 4) is 0 Å². The Morgan fingerprint density at radius 1 is 1.13 bits per heavy atom. The summed E-state index contributed by atoms with van der Waals surface area (Å²) in [5, 5.41) is 12.9. The monoisotopic (exact) mass is 335 g/mol. The van der Waals surface area contributed by atoms with Gasteiger partial charge in [-0.25, -0.2) is 0 Å². The van der Waals surface area contributed by atoms with Crippen LogP contribution in [-0.4, -0.2) is 23.0 Å². The van der Waals surface area contributed by atoms with Gasteiger partial charge in [0.05, 0.1) is 11.3 Å². The molecule has 0 heterocycles. The molecule has 0 aliphatic heterocycles. The number of hydrogen-bond donors (Lipinski definition) is 2. The number of carboxylic acid groups (broad SMARTS) is 1. The zero-order chi connectivity index (χ0) is 16.4. The summed E-state index contributed by atoms with van der Waals surface area (Å²) in [4.78, 5) is 24.1. The topological polar surface area (TPSA) is 66.4 Å². The lowest BCUT2D eigenvalue weighted by atomic mass is 9.78. The second-order valence-electron chi connectivity index (χ2n) is 6.81. The summed E-state index contributed by atoms with van der Waals surface area (Å²) in [6.07, 6.45) is 5.70. The zero-order valence-electron chi connectivity index (χ0n) is 13.1. The van der Waals surface area contributed by atoms with Crippen molar-refractivity contribution in [2.45, 2.75) is 56.4 Å². The van der Waals surface area contributed by atoms with E-state index in [-0.39, 0.29) is 17.9 Å². The largest absolute Gasteiger partial charge is 0.481 e. The van der Waals surface area contributed by atoms with Crippen molar-refractivity contribution in [2.75, 3.05) is 0 Å². The summed E-state index contributed by atoms with van der Waals surface area (Å²) in [5.74, 6) is -1.03. The van der Waals surface area contributed by atoms with Crippen molar-refractivity contribution in [1.82, 2.24) is 5.32 Å². The summed E-state index contributed by atoms with van der Waals surface area (Å²) >= 11 is 5.97. The molecule has 2 atom stereocenters. The number of halogens is 1. The van der Waals surface area contributed by atoms with Crippen LogP contribution in [0.1, 0.15) is 50.5 Å². The van der Waals surface area contributed by atoms with Gasteiger partial charge in [0.2, 0.25) is 5.91 Å². The molecule has 1 amide bonds. The molecule has 0 radical (unpaired) electrons. The third-order valence-corrected chi connectivity index (χ3v) is 5.66. The number of aliphatic carboxylic acids is 1. The van der Waals surface area contributed by atoms with Gasteiger partial charge >= 0.3 is 5.97 Å². The van der Waals surface area contributed by atoms with Gasteiger partial charge in [0.1, 0.15) is 0 Å². The number of carboxylic acids is 1. The third-order valence-electron chi connectivity index (χ3n) is 5.41. The number of carbonyl (C=O) groups is 2. The van der Waals surface area contributed by atoms with E-state index in [9.17, 15) is 9.59 Å². The first-order valence-electron chi connectivity index (χ1n) is 8.31. The lowest BCUT2D eigenvalue weighted by molar-refractivity contribution is -0.141. The van der Waals surface area contributed by atoms with Gasteiger partial charge < -0.3 is 10.4 Å². The summed E-state index contributed by atoms with van der Waals surface area (Å²) in [7, 11) is 0. The first-order valence-corrected chi connectivity index (χ1v) is 8.69. The highest BCUT2D eigenvalue weighted by Crippen LogP contribution is 2.42. The molecular weight excluding hydrogens is 314 g/mol. The van der Waals surface area contributed by atoms with Crippen molar-refractivity contribution in [1.29, 1.82) is 0 Å². The van der Waals surface area contributed by atoms with Crippen molar-refractivity contribution >= 4 is 23.5 Å². The minimum Gasteiger partial charge on any atom is -0.481 e. The molecule has 1 aromatic rings. The van der Waals surface area contributed by atoms with Crippen LogP contribution in [0.4, 0.5) is 0 Å². The van der Waals surface area contributed by atoms with Gasteiger partial charge in [-0.05, 0) is 49.8 Å². The van der Waals surface area contributed by atoms with E-state index < -0.39 is 11.4 Å². The molecule has 2 saturated carbocycles. The number of rotatable bonds is 4. The molecule has 2 N–H and O–H groups in total. The molecule has 0 bridgehead atoms. The minimum absolute atomic E-state index is 0.0200. The van der Waals surface area contributed by atoms with Crippen molar-refractivity contribution in [3.05, 3.63) is 34.9 Å².